The summed E-state index contributed by atoms with van der Waals surface area (Å²) in [5, 5.41) is 0.372. The smallest absolute Gasteiger partial charge is 0.261 e. The van der Waals surface area contributed by atoms with Crippen LogP contribution in [-0.4, -0.2) is 23.6 Å². The van der Waals surface area contributed by atoms with Crippen LogP contribution >= 0.6 is 50.7 Å². The van der Waals surface area contributed by atoms with Crippen molar-refractivity contribution < 1.29 is 13.2 Å². The average molecular weight is 380 g/mol. The van der Waals surface area contributed by atoms with Gasteiger partial charge in [0.2, 0.25) is 5.78 Å². The summed E-state index contributed by atoms with van der Waals surface area (Å²) < 4.78 is 20.5. The van der Waals surface area contributed by atoms with Crippen molar-refractivity contribution in [2.75, 3.05) is 6.26 Å². The highest BCUT2D eigenvalue weighted by Crippen LogP contribution is 2.36. The molecule has 0 amide bonds. The second kappa shape index (κ2) is 5.05. The molecule has 0 saturated carbocycles. The van der Waals surface area contributed by atoms with E-state index in [0.717, 1.165) is 6.26 Å². The van der Waals surface area contributed by atoms with E-state index in [9.17, 15) is 13.2 Å². The van der Waals surface area contributed by atoms with Gasteiger partial charge in [-0.1, -0.05) is 34.8 Å². The Hall–Kier alpha value is 0.190. The molecule has 0 N–H and O–H groups in total. The van der Waals surface area contributed by atoms with Crippen LogP contribution in [-0.2, 0) is 9.84 Å². The molecule has 1 unspecified atom stereocenters. The Morgan fingerprint density at radius 2 is 1.88 bits per heavy atom. The minimum absolute atomic E-state index is 0.0200. The summed E-state index contributed by atoms with van der Waals surface area (Å²) in [7, 11) is -3.84. The third-order valence-electron chi connectivity index (χ3n) is 1.91. The Kier molecular flexibility index (Phi) is 4.53. The molecular weight excluding hydrogens is 374 g/mol. The molecule has 0 heterocycles. The van der Waals surface area contributed by atoms with Gasteiger partial charge in [-0.25, -0.2) is 8.42 Å². The number of benzene rings is 1. The summed E-state index contributed by atoms with van der Waals surface area (Å²) in [5.74, 6) is -0.858. The molecule has 0 aromatic heterocycles. The van der Waals surface area contributed by atoms with Gasteiger partial charge in [0.25, 0.3) is 3.12 Å². The molecule has 1 atom stereocenters. The summed E-state index contributed by atoms with van der Waals surface area (Å²) in [6, 6.07) is 4.07. The Labute approximate surface area is 122 Å². The van der Waals surface area contributed by atoms with Gasteiger partial charge in [0.05, 0.1) is 5.02 Å². The largest absolute Gasteiger partial charge is 0.290 e. The summed E-state index contributed by atoms with van der Waals surface area (Å²) in [5.41, 5.74) is -0.0200. The van der Waals surface area contributed by atoms with Gasteiger partial charge in [-0.15, -0.1) is 0 Å². The molecule has 0 fully saturated rings. The van der Waals surface area contributed by atoms with Crippen molar-refractivity contribution in [3.63, 3.8) is 0 Å². The van der Waals surface area contributed by atoms with Crippen LogP contribution in [0.25, 0.3) is 0 Å². The fraction of sp³-hybridized carbons (Fsp3) is 0.222. The number of hydrogen-bond donors (Lipinski definition) is 0. The predicted octanol–water partition coefficient (Wildman–Crippen LogP) is 3.51. The number of hydrogen-bond acceptors (Lipinski definition) is 3. The van der Waals surface area contributed by atoms with E-state index in [4.69, 9.17) is 34.8 Å². The molecule has 0 aliphatic carbocycles. The monoisotopic (exact) mass is 378 g/mol. The van der Waals surface area contributed by atoms with E-state index in [-0.39, 0.29) is 10.6 Å². The minimum atomic E-state index is -3.84. The molecule has 0 bridgehead atoms. The summed E-state index contributed by atoms with van der Waals surface area (Å²) in [4.78, 5) is 12.0. The molecular formula is C9H6BrCl3O3S. The van der Waals surface area contributed by atoms with E-state index in [1.807, 2.05) is 0 Å². The quantitative estimate of drug-likeness (QED) is 0.596. The molecule has 94 valence electrons. The van der Waals surface area contributed by atoms with Crippen LogP contribution in [0.1, 0.15) is 10.4 Å². The predicted molar refractivity (Wildman–Crippen MR) is 73.1 cm³/mol. The number of carbonyl (C=O) groups is 1. The zero-order chi connectivity index (χ0) is 13.4. The standard InChI is InChI=1S/C9H6BrCl3O3S/c1-17(15,16)9(10,13)8(14)6-3-2-5(11)4-7(6)12/h2-4H,1H3. The van der Waals surface area contributed by atoms with Gasteiger partial charge in [0, 0.05) is 16.8 Å². The van der Waals surface area contributed by atoms with Gasteiger partial charge in [-0.2, -0.15) is 0 Å². The third kappa shape index (κ3) is 3.15. The van der Waals surface area contributed by atoms with E-state index in [0.29, 0.717) is 5.02 Å². The lowest BCUT2D eigenvalue weighted by Crippen LogP contribution is -2.34. The number of halogens is 4. The third-order valence-corrected chi connectivity index (χ3v) is 6.71. The highest BCUT2D eigenvalue weighted by atomic mass is 79.9. The Morgan fingerprint density at radius 1 is 1.35 bits per heavy atom. The Morgan fingerprint density at radius 3 is 2.29 bits per heavy atom. The molecule has 0 aliphatic heterocycles. The molecule has 0 spiro atoms. The van der Waals surface area contributed by atoms with Crippen LogP contribution in [0, 0.1) is 0 Å². The van der Waals surface area contributed by atoms with Gasteiger partial charge < -0.3 is 0 Å². The number of rotatable bonds is 3. The molecule has 3 nitrogen and oxygen atoms in total. The lowest BCUT2D eigenvalue weighted by atomic mass is 10.1. The zero-order valence-electron chi connectivity index (χ0n) is 8.38. The lowest BCUT2D eigenvalue weighted by Gasteiger charge is -2.17. The number of sulfone groups is 1. The normalized spacial score (nSPS) is 15.4. The van der Waals surface area contributed by atoms with Crippen LogP contribution < -0.4 is 0 Å². The maximum Gasteiger partial charge on any atom is 0.261 e. The van der Waals surface area contributed by atoms with Gasteiger partial charge in [-0.05, 0) is 34.1 Å². The second-order valence-electron chi connectivity index (χ2n) is 3.24. The maximum atomic E-state index is 12.0. The number of carbonyl (C=O) groups excluding carboxylic acids is 1. The second-order valence-corrected chi connectivity index (χ2v) is 9.20. The van der Waals surface area contributed by atoms with E-state index in [1.165, 1.54) is 18.2 Å². The van der Waals surface area contributed by atoms with Crippen LogP contribution in [0.4, 0.5) is 0 Å². The van der Waals surface area contributed by atoms with Crippen molar-refractivity contribution in [3.8, 4) is 0 Å². The highest BCUT2D eigenvalue weighted by Gasteiger charge is 2.44. The van der Waals surface area contributed by atoms with Crippen LogP contribution in [0.2, 0.25) is 10.0 Å². The van der Waals surface area contributed by atoms with Gasteiger partial charge in [-0.3, -0.25) is 4.79 Å². The highest BCUT2D eigenvalue weighted by molar-refractivity contribution is 9.12. The number of Topliss-reactive ketones (excluding diaryl/α,β-unsaturated/α-hetero) is 1. The van der Waals surface area contributed by atoms with Gasteiger partial charge in [0.15, 0.2) is 9.84 Å². The van der Waals surface area contributed by atoms with E-state index in [2.05, 4.69) is 15.9 Å². The minimum Gasteiger partial charge on any atom is -0.290 e. The summed E-state index contributed by atoms with van der Waals surface area (Å²) in [6.07, 6.45) is 0.844. The Balaban J connectivity index is 3.32. The van der Waals surface area contributed by atoms with E-state index < -0.39 is 18.7 Å². The van der Waals surface area contributed by atoms with Crippen molar-refractivity contribution in [3.05, 3.63) is 33.8 Å². The molecule has 1 aromatic rings. The first kappa shape index (κ1) is 15.2. The average Bonchev–Trinajstić information content (AvgIpc) is 2.14. The molecule has 8 heteroatoms. The topological polar surface area (TPSA) is 51.2 Å². The zero-order valence-corrected chi connectivity index (χ0v) is 13.0. The van der Waals surface area contributed by atoms with Crippen LogP contribution in [0.5, 0.6) is 0 Å². The molecule has 0 radical (unpaired) electrons. The SMILES string of the molecule is CS(=O)(=O)C(Cl)(Br)C(=O)c1ccc(Cl)cc1Cl. The van der Waals surface area contributed by atoms with Gasteiger partial charge >= 0.3 is 0 Å². The van der Waals surface area contributed by atoms with Crippen LogP contribution in [0.15, 0.2) is 18.2 Å². The fourth-order valence-corrected chi connectivity index (χ4v) is 2.26. The fourth-order valence-electron chi connectivity index (χ4n) is 0.999. The first-order valence-electron chi connectivity index (χ1n) is 4.14. The van der Waals surface area contributed by atoms with E-state index in [1.54, 1.807) is 0 Å². The number of ketones is 1. The van der Waals surface area contributed by atoms with Crippen molar-refractivity contribution in [2.45, 2.75) is 3.12 Å². The molecule has 0 aliphatic rings. The molecule has 1 rings (SSSR count). The van der Waals surface area contributed by atoms with Gasteiger partial charge in [0.1, 0.15) is 0 Å². The molecule has 17 heavy (non-hydrogen) atoms. The molecule has 0 saturated heterocycles. The van der Waals surface area contributed by atoms with E-state index >= 15 is 0 Å². The van der Waals surface area contributed by atoms with Crippen molar-refractivity contribution in [2.24, 2.45) is 0 Å². The number of alkyl halides is 2. The Bertz CT molecular complexity index is 569. The van der Waals surface area contributed by atoms with Crippen molar-refractivity contribution >= 4 is 66.4 Å². The van der Waals surface area contributed by atoms with Crippen molar-refractivity contribution in [1.29, 1.82) is 0 Å². The van der Waals surface area contributed by atoms with Crippen molar-refractivity contribution in [1.82, 2.24) is 0 Å². The summed E-state index contributed by atoms with van der Waals surface area (Å²) >= 11 is 19.9. The van der Waals surface area contributed by atoms with Crippen LogP contribution in [0.3, 0.4) is 0 Å². The maximum absolute atomic E-state index is 12.0. The first-order valence-corrected chi connectivity index (χ1v) is 7.96. The lowest BCUT2D eigenvalue weighted by molar-refractivity contribution is 0.100. The summed E-state index contributed by atoms with van der Waals surface area (Å²) in [6.45, 7) is 0. The first-order chi connectivity index (χ1) is 7.57. The molecule has 1 aromatic carbocycles.